The van der Waals surface area contributed by atoms with Crippen molar-refractivity contribution in [3.05, 3.63) is 46.7 Å². The van der Waals surface area contributed by atoms with E-state index in [1.807, 2.05) is 37.8 Å². The van der Waals surface area contributed by atoms with Gasteiger partial charge in [-0.2, -0.15) is 10.2 Å². The van der Waals surface area contributed by atoms with E-state index in [2.05, 4.69) is 20.3 Å². The number of amides is 1. The molecule has 4 rings (SSSR count). The lowest BCUT2D eigenvalue weighted by Crippen LogP contribution is -2.39. The van der Waals surface area contributed by atoms with Gasteiger partial charge in [0, 0.05) is 42.3 Å². The van der Waals surface area contributed by atoms with Crippen molar-refractivity contribution >= 4 is 11.6 Å². The summed E-state index contributed by atoms with van der Waals surface area (Å²) < 4.78 is 1.77. The van der Waals surface area contributed by atoms with Crippen LogP contribution in [0.15, 0.2) is 18.3 Å². The molecule has 0 unspecified atom stereocenters. The SMILES string of the molecule is Cc1cc(C)n2nc(C)c(C(=O)N3CCC[C@H](c4ccn[nH]4)C3)c2n1. The molecule has 3 aromatic heterocycles. The van der Waals surface area contributed by atoms with Crippen molar-refractivity contribution in [2.75, 3.05) is 13.1 Å². The van der Waals surface area contributed by atoms with Gasteiger partial charge in [-0.25, -0.2) is 9.50 Å². The Labute approximate surface area is 146 Å². The van der Waals surface area contributed by atoms with E-state index in [1.165, 1.54) is 0 Å². The predicted molar refractivity (Wildman–Crippen MR) is 93.7 cm³/mol. The number of likely N-dealkylation sites (tertiary alicyclic amines) is 1. The van der Waals surface area contributed by atoms with Gasteiger partial charge in [-0.1, -0.05) is 0 Å². The van der Waals surface area contributed by atoms with Crippen LogP contribution < -0.4 is 0 Å². The van der Waals surface area contributed by atoms with Gasteiger partial charge in [0.2, 0.25) is 0 Å². The van der Waals surface area contributed by atoms with Crippen molar-refractivity contribution in [2.45, 2.75) is 39.5 Å². The summed E-state index contributed by atoms with van der Waals surface area (Å²) in [5.41, 5.74) is 4.99. The van der Waals surface area contributed by atoms with Crippen molar-refractivity contribution in [2.24, 2.45) is 0 Å². The molecule has 0 radical (unpaired) electrons. The highest BCUT2D eigenvalue weighted by atomic mass is 16.2. The van der Waals surface area contributed by atoms with E-state index in [-0.39, 0.29) is 5.91 Å². The van der Waals surface area contributed by atoms with Crippen LogP contribution in [0.3, 0.4) is 0 Å². The normalized spacial score (nSPS) is 18.0. The van der Waals surface area contributed by atoms with Crippen molar-refractivity contribution < 1.29 is 4.79 Å². The number of nitrogens with zero attached hydrogens (tertiary/aromatic N) is 5. The minimum atomic E-state index is 0.0224. The maximum Gasteiger partial charge on any atom is 0.259 e. The first-order valence-corrected chi connectivity index (χ1v) is 8.66. The van der Waals surface area contributed by atoms with Gasteiger partial charge in [0.15, 0.2) is 5.65 Å². The van der Waals surface area contributed by atoms with Gasteiger partial charge in [-0.3, -0.25) is 9.89 Å². The molecule has 1 N–H and O–H groups in total. The maximum absolute atomic E-state index is 13.2. The molecule has 0 spiro atoms. The molecule has 1 saturated heterocycles. The van der Waals surface area contributed by atoms with E-state index < -0.39 is 0 Å². The fourth-order valence-corrected chi connectivity index (χ4v) is 3.74. The second-order valence-corrected chi connectivity index (χ2v) is 6.84. The fourth-order valence-electron chi connectivity index (χ4n) is 3.74. The molecule has 25 heavy (non-hydrogen) atoms. The van der Waals surface area contributed by atoms with Crippen LogP contribution in [0.4, 0.5) is 0 Å². The number of aromatic amines is 1. The van der Waals surface area contributed by atoms with Crippen LogP contribution in [0.1, 0.15) is 51.9 Å². The third-order valence-corrected chi connectivity index (χ3v) is 4.95. The Hall–Kier alpha value is -2.70. The fraction of sp³-hybridized carbons (Fsp3) is 0.444. The number of hydrogen-bond donors (Lipinski definition) is 1. The van der Waals surface area contributed by atoms with Crippen LogP contribution >= 0.6 is 0 Å². The number of hydrogen-bond acceptors (Lipinski definition) is 4. The summed E-state index contributed by atoms with van der Waals surface area (Å²) >= 11 is 0. The summed E-state index contributed by atoms with van der Waals surface area (Å²) in [5, 5.41) is 11.6. The van der Waals surface area contributed by atoms with E-state index >= 15 is 0 Å². The molecule has 3 aromatic rings. The van der Waals surface area contributed by atoms with Gasteiger partial charge < -0.3 is 4.90 Å². The molecule has 7 nitrogen and oxygen atoms in total. The van der Waals surface area contributed by atoms with Gasteiger partial charge in [0.25, 0.3) is 5.91 Å². The summed E-state index contributed by atoms with van der Waals surface area (Å²) in [7, 11) is 0. The van der Waals surface area contributed by atoms with Crippen LogP contribution in [-0.4, -0.2) is 48.7 Å². The molecule has 7 heteroatoms. The minimum Gasteiger partial charge on any atom is -0.338 e. The largest absolute Gasteiger partial charge is 0.338 e. The van der Waals surface area contributed by atoms with Gasteiger partial charge >= 0.3 is 0 Å². The predicted octanol–water partition coefficient (Wildman–Crippen LogP) is 2.40. The molecule has 1 amide bonds. The molecule has 1 aliphatic heterocycles. The number of rotatable bonds is 2. The average Bonchev–Trinajstić information content (AvgIpc) is 3.22. The summed E-state index contributed by atoms with van der Waals surface area (Å²) in [6.45, 7) is 7.27. The van der Waals surface area contributed by atoms with E-state index in [4.69, 9.17) is 0 Å². The quantitative estimate of drug-likeness (QED) is 0.778. The lowest BCUT2D eigenvalue weighted by atomic mass is 9.94. The first-order chi connectivity index (χ1) is 12.0. The molecule has 0 bridgehead atoms. The van der Waals surface area contributed by atoms with Crippen molar-refractivity contribution in [1.82, 2.24) is 29.7 Å². The number of piperidine rings is 1. The van der Waals surface area contributed by atoms with Crippen LogP contribution in [0, 0.1) is 20.8 Å². The van der Waals surface area contributed by atoms with Crippen LogP contribution in [0.5, 0.6) is 0 Å². The van der Waals surface area contributed by atoms with Crippen LogP contribution in [0.2, 0.25) is 0 Å². The summed E-state index contributed by atoms with van der Waals surface area (Å²) in [5.74, 6) is 0.327. The van der Waals surface area contributed by atoms with Gasteiger partial charge in [0.05, 0.1) is 5.69 Å². The highest BCUT2D eigenvalue weighted by Crippen LogP contribution is 2.27. The molecule has 1 aliphatic rings. The Morgan fingerprint density at radius 2 is 2.16 bits per heavy atom. The van der Waals surface area contributed by atoms with Gasteiger partial charge in [-0.15, -0.1) is 0 Å². The van der Waals surface area contributed by atoms with Crippen LogP contribution in [-0.2, 0) is 0 Å². The first-order valence-electron chi connectivity index (χ1n) is 8.66. The van der Waals surface area contributed by atoms with Crippen molar-refractivity contribution in [1.29, 1.82) is 0 Å². The third-order valence-electron chi connectivity index (χ3n) is 4.95. The van der Waals surface area contributed by atoms with Gasteiger partial charge in [-0.05, 0) is 45.7 Å². The molecule has 130 valence electrons. The molecule has 1 atom stereocenters. The molecule has 4 heterocycles. The maximum atomic E-state index is 13.2. The monoisotopic (exact) mass is 338 g/mol. The zero-order chi connectivity index (χ0) is 17.6. The number of carbonyl (C=O) groups excluding carboxylic acids is 1. The zero-order valence-electron chi connectivity index (χ0n) is 14.8. The molecule has 0 saturated carbocycles. The van der Waals surface area contributed by atoms with E-state index in [1.54, 1.807) is 10.7 Å². The van der Waals surface area contributed by atoms with Crippen molar-refractivity contribution in [3.8, 4) is 0 Å². The number of aryl methyl sites for hydroxylation is 3. The Balaban J connectivity index is 1.69. The Morgan fingerprint density at radius 1 is 1.32 bits per heavy atom. The summed E-state index contributed by atoms with van der Waals surface area (Å²) in [4.78, 5) is 19.7. The smallest absolute Gasteiger partial charge is 0.259 e. The third kappa shape index (κ3) is 2.69. The van der Waals surface area contributed by atoms with E-state index in [0.717, 1.165) is 42.2 Å². The number of nitrogens with one attached hydrogen (secondary N) is 1. The molecular weight excluding hydrogens is 316 g/mol. The Bertz CT molecular complexity index is 927. The zero-order valence-corrected chi connectivity index (χ0v) is 14.8. The van der Waals surface area contributed by atoms with Gasteiger partial charge in [0.1, 0.15) is 5.56 Å². The minimum absolute atomic E-state index is 0.0224. The van der Waals surface area contributed by atoms with E-state index in [9.17, 15) is 4.79 Å². The van der Waals surface area contributed by atoms with Crippen LogP contribution in [0.25, 0.3) is 5.65 Å². The molecule has 1 fully saturated rings. The highest BCUT2D eigenvalue weighted by molar-refractivity contribution is 6.01. The number of carbonyl (C=O) groups is 1. The Kier molecular flexibility index (Phi) is 3.78. The highest BCUT2D eigenvalue weighted by Gasteiger charge is 2.29. The molecular formula is C18H22N6O. The number of aromatic nitrogens is 5. The topological polar surface area (TPSA) is 79.2 Å². The lowest BCUT2D eigenvalue weighted by Gasteiger charge is -2.32. The number of H-pyrrole nitrogens is 1. The average molecular weight is 338 g/mol. The molecule has 0 aromatic carbocycles. The molecule has 0 aliphatic carbocycles. The van der Waals surface area contributed by atoms with E-state index in [0.29, 0.717) is 23.7 Å². The summed E-state index contributed by atoms with van der Waals surface area (Å²) in [6.07, 6.45) is 3.82. The summed E-state index contributed by atoms with van der Waals surface area (Å²) in [6, 6.07) is 3.97. The second-order valence-electron chi connectivity index (χ2n) is 6.84. The second kappa shape index (κ2) is 5.98. The number of fused-ring (bicyclic) bond motifs is 1. The Morgan fingerprint density at radius 3 is 2.92 bits per heavy atom. The first kappa shape index (κ1) is 15.8. The standard InChI is InChI=1S/C18H22N6O/c1-11-9-12(2)24-17(20-11)16(13(3)22-24)18(25)23-8-4-5-14(10-23)15-6-7-19-21-15/h6-7,9,14H,4-5,8,10H2,1-3H3,(H,19,21)/t14-/m0/s1. The lowest BCUT2D eigenvalue weighted by molar-refractivity contribution is 0.0707. The van der Waals surface area contributed by atoms with Crippen molar-refractivity contribution in [3.63, 3.8) is 0 Å².